The molecule has 0 amide bonds. The second kappa shape index (κ2) is 3.63. The Morgan fingerprint density at radius 2 is 2.10 bits per heavy atom. The highest BCUT2D eigenvalue weighted by Gasteiger charge is 2.29. The van der Waals surface area contributed by atoms with E-state index in [0.29, 0.717) is 0 Å². The third-order valence-electron chi connectivity index (χ3n) is 2.23. The van der Waals surface area contributed by atoms with Gasteiger partial charge in [0.25, 0.3) is 0 Å². The smallest absolute Gasteiger partial charge is 0.0588 e. The molecule has 0 N–H and O–H groups in total. The summed E-state index contributed by atoms with van der Waals surface area (Å²) in [6, 6.07) is 0. The summed E-state index contributed by atoms with van der Waals surface area (Å²) in [5.74, 6) is 1.56. The molecule has 0 bridgehead atoms. The van der Waals surface area contributed by atoms with E-state index in [-0.39, 0.29) is 0 Å². The van der Waals surface area contributed by atoms with Gasteiger partial charge < -0.3 is 4.74 Å². The Morgan fingerprint density at radius 1 is 1.40 bits per heavy atom. The summed E-state index contributed by atoms with van der Waals surface area (Å²) in [5, 5.41) is 0.750. The van der Waals surface area contributed by atoms with E-state index in [4.69, 9.17) is 4.74 Å². The zero-order chi connectivity index (χ0) is 7.56. The molecule has 2 heteroatoms. The van der Waals surface area contributed by atoms with Gasteiger partial charge in [-0.15, -0.1) is 0 Å². The number of hydrogen-bond donors (Lipinski definition) is 0. The van der Waals surface area contributed by atoms with E-state index in [9.17, 15) is 0 Å². The molecule has 0 radical (unpaired) electrons. The van der Waals surface area contributed by atoms with Crippen LogP contribution in [0.2, 0.25) is 0 Å². The van der Waals surface area contributed by atoms with E-state index >= 15 is 0 Å². The molecule has 1 saturated heterocycles. The zero-order valence-corrected chi connectivity index (χ0v) is 7.78. The second-order valence-corrected chi connectivity index (χ2v) is 4.30. The van der Waals surface area contributed by atoms with Crippen LogP contribution in [-0.4, -0.2) is 24.7 Å². The molecule has 0 aliphatic carbocycles. The van der Waals surface area contributed by atoms with Gasteiger partial charge in [-0.1, -0.05) is 13.8 Å². The molecule has 0 aromatic heterocycles. The summed E-state index contributed by atoms with van der Waals surface area (Å²) in [5.41, 5.74) is 0. The summed E-state index contributed by atoms with van der Waals surface area (Å²) in [6.07, 6.45) is 2.18. The van der Waals surface area contributed by atoms with Crippen LogP contribution in [0.3, 0.4) is 0 Å². The van der Waals surface area contributed by atoms with Crippen LogP contribution in [0.15, 0.2) is 0 Å². The van der Waals surface area contributed by atoms with Gasteiger partial charge in [-0.3, -0.25) is 0 Å². The van der Waals surface area contributed by atoms with E-state index in [0.717, 1.165) is 30.3 Å². The third-order valence-corrected chi connectivity index (χ3v) is 3.32. The fraction of sp³-hybridized carbons (Fsp3) is 1.00. The average molecular weight is 160 g/mol. The van der Waals surface area contributed by atoms with Gasteiger partial charge in [-0.2, -0.15) is 11.8 Å². The topological polar surface area (TPSA) is 9.23 Å². The van der Waals surface area contributed by atoms with Crippen molar-refractivity contribution in [2.24, 2.45) is 11.8 Å². The van der Waals surface area contributed by atoms with Crippen molar-refractivity contribution >= 4 is 11.8 Å². The van der Waals surface area contributed by atoms with Crippen molar-refractivity contribution in [3.8, 4) is 0 Å². The number of thioether (sulfide) groups is 1. The van der Waals surface area contributed by atoms with E-state index in [1.807, 2.05) is 11.8 Å². The van der Waals surface area contributed by atoms with Crippen LogP contribution in [0.4, 0.5) is 0 Å². The zero-order valence-electron chi connectivity index (χ0n) is 6.96. The van der Waals surface area contributed by atoms with Crippen LogP contribution in [0, 0.1) is 11.8 Å². The normalized spacial score (nSPS) is 33.6. The molecule has 0 aromatic rings. The summed E-state index contributed by atoms with van der Waals surface area (Å²) in [7, 11) is 0. The molecule has 60 valence electrons. The maximum absolute atomic E-state index is 5.40. The number of ether oxygens (including phenoxy) is 1. The molecule has 2 unspecified atom stereocenters. The Hall–Kier alpha value is 0.310. The largest absolute Gasteiger partial charge is 0.380 e. The molecule has 1 aliphatic rings. The summed E-state index contributed by atoms with van der Waals surface area (Å²) in [4.78, 5) is 0. The Kier molecular flexibility index (Phi) is 3.05. The molecule has 1 nitrogen and oxygen atoms in total. The fourth-order valence-electron chi connectivity index (χ4n) is 1.42. The molecule has 0 spiro atoms. The van der Waals surface area contributed by atoms with Crippen molar-refractivity contribution in [2.75, 3.05) is 19.5 Å². The van der Waals surface area contributed by atoms with E-state index in [1.165, 1.54) is 0 Å². The van der Waals surface area contributed by atoms with Gasteiger partial charge in [0.05, 0.1) is 13.2 Å². The Balaban J connectivity index is 2.42. The molecular weight excluding hydrogens is 144 g/mol. The first-order valence-electron chi connectivity index (χ1n) is 3.86. The molecule has 1 heterocycles. The molecule has 1 rings (SSSR count). The summed E-state index contributed by atoms with van der Waals surface area (Å²) < 4.78 is 5.40. The van der Waals surface area contributed by atoms with Gasteiger partial charge in [0, 0.05) is 5.25 Å². The van der Waals surface area contributed by atoms with Crippen LogP contribution >= 0.6 is 11.8 Å². The average Bonchev–Trinajstić information content (AvgIpc) is 2.33. The Labute approximate surface area is 67.5 Å². The van der Waals surface area contributed by atoms with E-state index < -0.39 is 0 Å². The van der Waals surface area contributed by atoms with Gasteiger partial charge in [0.2, 0.25) is 0 Å². The molecule has 10 heavy (non-hydrogen) atoms. The van der Waals surface area contributed by atoms with Crippen molar-refractivity contribution in [2.45, 2.75) is 19.1 Å². The minimum Gasteiger partial charge on any atom is -0.380 e. The van der Waals surface area contributed by atoms with Crippen molar-refractivity contribution in [1.29, 1.82) is 0 Å². The predicted octanol–water partition coefficient (Wildman–Crippen LogP) is 2.02. The van der Waals surface area contributed by atoms with Gasteiger partial charge in [0.1, 0.15) is 0 Å². The maximum atomic E-state index is 5.40. The Morgan fingerprint density at radius 3 is 2.50 bits per heavy atom. The molecular formula is C8H16OS. The fourth-order valence-corrected chi connectivity index (χ4v) is 2.39. The van der Waals surface area contributed by atoms with Crippen LogP contribution in [0.5, 0.6) is 0 Å². The first kappa shape index (κ1) is 8.41. The SMILES string of the molecule is CSC1COCC1C(C)C. The summed E-state index contributed by atoms with van der Waals surface area (Å²) >= 11 is 1.94. The molecule has 0 aromatic carbocycles. The lowest BCUT2D eigenvalue weighted by Gasteiger charge is -2.18. The third kappa shape index (κ3) is 1.67. The monoisotopic (exact) mass is 160 g/mol. The summed E-state index contributed by atoms with van der Waals surface area (Å²) in [6.45, 7) is 6.50. The number of hydrogen-bond acceptors (Lipinski definition) is 2. The maximum Gasteiger partial charge on any atom is 0.0588 e. The predicted molar refractivity (Wildman–Crippen MR) is 46.5 cm³/mol. The van der Waals surface area contributed by atoms with Gasteiger partial charge >= 0.3 is 0 Å². The first-order valence-corrected chi connectivity index (χ1v) is 5.15. The van der Waals surface area contributed by atoms with Crippen molar-refractivity contribution in [3.05, 3.63) is 0 Å². The van der Waals surface area contributed by atoms with Crippen molar-refractivity contribution < 1.29 is 4.74 Å². The van der Waals surface area contributed by atoms with E-state index in [2.05, 4.69) is 20.1 Å². The lowest BCUT2D eigenvalue weighted by Crippen LogP contribution is -2.19. The Bertz CT molecular complexity index is 103. The van der Waals surface area contributed by atoms with Gasteiger partial charge in [-0.25, -0.2) is 0 Å². The van der Waals surface area contributed by atoms with Crippen molar-refractivity contribution in [1.82, 2.24) is 0 Å². The standard InChI is InChI=1S/C8H16OS/c1-6(2)7-4-9-5-8(7)10-3/h6-8H,4-5H2,1-3H3. The molecule has 1 aliphatic heterocycles. The number of rotatable bonds is 2. The lowest BCUT2D eigenvalue weighted by molar-refractivity contribution is 0.177. The minimum atomic E-state index is 0.750. The molecule has 0 saturated carbocycles. The lowest BCUT2D eigenvalue weighted by atomic mass is 9.95. The quantitative estimate of drug-likeness (QED) is 0.611. The van der Waals surface area contributed by atoms with Crippen LogP contribution in [-0.2, 0) is 4.74 Å². The minimum absolute atomic E-state index is 0.750. The second-order valence-electron chi connectivity index (χ2n) is 3.22. The highest BCUT2D eigenvalue weighted by molar-refractivity contribution is 7.99. The van der Waals surface area contributed by atoms with Gasteiger partial charge in [-0.05, 0) is 18.1 Å². The highest BCUT2D eigenvalue weighted by atomic mass is 32.2. The first-order chi connectivity index (χ1) is 4.75. The highest BCUT2D eigenvalue weighted by Crippen LogP contribution is 2.29. The van der Waals surface area contributed by atoms with Crippen molar-refractivity contribution in [3.63, 3.8) is 0 Å². The van der Waals surface area contributed by atoms with Crippen LogP contribution in [0.1, 0.15) is 13.8 Å². The van der Waals surface area contributed by atoms with Crippen LogP contribution < -0.4 is 0 Å². The van der Waals surface area contributed by atoms with E-state index in [1.54, 1.807) is 0 Å². The molecule has 1 fully saturated rings. The van der Waals surface area contributed by atoms with Gasteiger partial charge in [0.15, 0.2) is 0 Å². The molecule has 2 atom stereocenters. The van der Waals surface area contributed by atoms with Crippen LogP contribution in [0.25, 0.3) is 0 Å².